The van der Waals surface area contributed by atoms with Crippen LogP contribution in [-0.4, -0.2) is 0 Å². The first-order valence-corrected chi connectivity index (χ1v) is 7.79. The first-order chi connectivity index (χ1) is 10.8. The largest absolute Gasteiger partial charge is 2.00 e. The molecule has 0 unspecified atom stereocenters. The molecule has 0 aliphatic carbocycles. The van der Waals surface area contributed by atoms with E-state index in [4.69, 9.17) is 0 Å². The van der Waals surface area contributed by atoms with E-state index in [0.29, 0.717) is 0 Å². The van der Waals surface area contributed by atoms with Gasteiger partial charge in [0, 0.05) is 0 Å². The molecule has 0 bridgehead atoms. The van der Waals surface area contributed by atoms with Crippen LogP contribution in [0.4, 0.5) is 0 Å². The second-order valence-electron chi connectivity index (χ2n) is 5.15. The Labute approximate surface area is 167 Å². The quantitative estimate of drug-likeness (QED) is 0.177. The number of benzene rings is 4. The molecule has 0 aliphatic rings. The van der Waals surface area contributed by atoms with Crippen molar-refractivity contribution >= 4 is 32.3 Å². The number of hydrogen-bond acceptors (Lipinski definition) is 0. The van der Waals surface area contributed by atoms with Crippen LogP contribution in [0.1, 0.15) is 26.7 Å². The molecule has 4 aromatic rings. The van der Waals surface area contributed by atoms with Crippen molar-refractivity contribution in [2.24, 2.45) is 0 Å². The van der Waals surface area contributed by atoms with Gasteiger partial charge in [0.1, 0.15) is 0 Å². The van der Waals surface area contributed by atoms with E-state index in [0.717, 1.165) is 12.8 Å². The maximum Gasteiger partial charge on any atom is 2.00 e. The average Bonchev–Trinajstić information content (AvgIpc) is 2.54. The van der Waals surface area contributed by atoms with E-state index in [-0.39, 0.29) is 34.1 Å². The third-order valence-electron chi connectivity index (χ3n) is 3.24. The molecule has 0 saturated heterocycles. The van der Waals surface area contributed by atoms with Crippen LogP contribution >= 0.6 is 0 Å². The zero-order chi connectivity index (χ0) is 15.9. The molecule has 0 saturated carbocycles. The van der Waals surface area contributed by atoms with Gasteiger partial charge in [0.15, 0.2) is 0 Å². The maximum atomic E-state index is 3.49. The van der Waals surface area contributed by atoms with Gasteiger partial charge in [-0.05, 0) is 0 Å². The molecular formula is C22H22Fe2. The molecule has 0 amide bonds. The van der Waals surface area contributed by atoms with E-state index in [1.54, 1.807) is 0 Å². The molecule has 24 heavy (non-hydrogen) atoms. The van der Waals surface area contributed by atoms with Gasteiger partial charge in [0.05, 0.1) is 0 Å². The molecule has 0 fully saturated rings. The van der Waals surface area contributed by atoms with Crippen molar-refractivity contribution in [2.75, 3.05) is 0 Å². The van der Waals surface area contributed by atoms with Crippen LogP contribution in [0, 0.1) is 26.0 Å². The van der Waals surface area contributed by atoms with Gasteiger partial charge in [-0.1, -0.05) is 13.8 Å². The average molecular weight is 398 g/mol. The molecule has 2 heteroatoms. The van der Waals surface area contributed by atoms with E-state index in [2.05, 4.69) is 74.5 Å². The minimum Gasteiger partial charge on any atom is -0.344 e. The third-order valence-corrected chi connectivity index (χ3v) is 3.24. The molecule has 0 aliphatic heterocycles. The zero-order valence-corrected chi connectivity index (χ0v) is 16.4. The summed E-state index contributed by atoms with van der Waals surface area (Å²) in [7, 11) is 0. The molecule has 0 radical (unpaired) electrons. The fourth-order valence-electron chi connectivity index (χ4n) is 2.53. The van der Waals surface area contributed by atoms with Crippen molar-refractivity contribution < 1.29 is 34.1 Å². The van der Waals surface area contributed by atoms with Gasteiger partial charge in [0.2, 0.25) is 0 Å². The molecule has 4 rings (SSSR count). The molecule has 0 spiro atoms. The normalized spacial score (nSPS) is 9.33. The van der Waals surface area contributed by atoms with Gasteiger partial charge >= 0.3 is 34.1 Å². The summed E-state index contributed by atoms with van der Waals surface area (Å²) >= 11 is 0. The van der Waals surface area contributed by atoms with E-state index in [9.17, 15) is 0 Å². The van der Waals surface area contributed by atoms with E-state index < -0.39 is 0 Å². The van der Waals surface area contributed by atoms with Gasteiger partial charge in [-0.15, -0.1) is 56.6 Å². The van der Waals surface area contributed by atoms with E-state index >= 15 is 0 Å². The molecule has 0 heterocycles. The number of hydrogen-bond donors (Lipinski definition) is 0. The van der Waals surface area contributed by atoms with Crippen molar-refractivity contribution in [1.29, 1.82) is 0 Å². The molecule has 0 nitrogen and oxygen atoms in total. The van der Waals surface area contributed by atoms with Crippen LogP contribution in [0.5, 0.6) is 0 Å². The Bertz CT molecular complexity index is 705. The number of rotatable bonds is 0. The smallest absolute Gasteiger partial charge is 0.344 e. The predicted octanol–water partition coefficient (Wildman–Crippen LogP) is 6.64. The fourth-order valence-corrected chi connectivity index (χ4v) is 2.53. The monoisotopic (exact) mass is 398 g/mol. The van der Waals surface area contributed by atoms with Gasteiger partial charge in [0.25, 0.3) is 0 Å². The second-order valence-corrected chi connectivity index (χ2v) is 5.15. The minimum atomic E-state index is 0. The van der Waals surface area contributed by atoms with Crippen LogP contribution < -0.4 is 0 Å². The van der Waals surface area contributed by atoms with Crippen LogP contribution in [0.15, 0.2) is 48.5 Å². The zero-order valence-electron chi connectivity index (χ0n) is 14.2. The Morgan fingerprint density at radius 1 is 0.625 bits per heavy atom. The summed E-state index contributed by atoms with van der Waals surface area (Å²) < 4.78 is 0. The molecule has 0 aromatic heterocycles. The van der Waals surface area contributed by atoms with E-state index in [1.165, 1.54) is 32.3 Å². The first-order valence-electron chi connectivity index (χ1n) is 7.79. The second kappa shape index (κ2) is 11.5. The summed E-state index contributed by atoms with van der Waals surface area (Å²) in [5.41, 5.74) is 0. The Balaban J connectivity index is 0.000000590. The van der Waals surface area contributed by atoms with E-state index in [1.807, 2.05) is 13.8 Å². The summed E-state index contributed by atoms with van der Waals surface area (Å²) in [6, 6.07) is 23.2. The summed E-state index contributed by atoms with van der Waals surface area (Å²) in [5.74, 6) is 0. The topological polar surface area (TPSA) is 0 Å². The standard InChI is InChI=1S/C16H8.2C3H7.2Fe/c1-3-11-7-9-13-5-2-6-14-10-8-12(4-1)15(11)16(13)14;2*1-3-2;;/h3-10H;2*1,3H2,2H3;;/q-2;2*-1;2*+2. The van der Waals surface area contributed by atoms with Crippen LogP contribution in [0.2, 0.25) is 0 Å². The van der Waals surface area contributed by atoms with Crippen molar-refractivity contribution in [2.45, 2.75) is 26.7 Å². The van der Waals surface area contributed by atoms with Crippen LogP contribution in [-0.2, 0) is 34.1 Å². The molecule has 0 atom stereocenters. The summed E-state index contributed by atoms with van der Waals surface area (Å²) in [4.78, 5) is 0. The van der Waals surface area contributed by atoms with Gasteiger partial charge in [-0.2, -0.15) is 49.2 Å². The Morgan fingerprint density at radius 3 is 1.04 bits per heavy atom. The first kappa shape index (κ1) is 23.0. The Morgan fingerprint density at radius 2 is 0.833 bits per heavy atom. The predicted molar refractivity (Wildman–Crippen MR) is 99.1 cm³/mol. The fraction of sp³-hybridized carbons (Fsp3) is 0.182. The van der Waals surface area contributed by atoms with Crippen LogP contribution in [0.3, 0.4) is 0 Å². The summed E-state index contributed by atoms with van der Waals surface area (Å²) in [6.45, 7) is 11.0. The van der Waals surface area contributed by atoms with Gasteiger partial charge in [-0.3, -0.25) is 0 Å². The molecule has 0 N–H and O–H groups in total. The van der Waals surface area contributed by atoms with Crippen molar-refractivity contribution in [3.05, 3.63) is 74.5 Å². The van der Waals surface area contributed by atoms with Crippen LogP contribution in [0.25, 0.3) is 32.3 Å². The Kier molecular flexibility index (Phi) is 11.0. The van der Waals surface area contributed by atoms with Crippen molar-refractivity contribution in [1.82, 2.24) is 0 Å². The summed E-state index contributed by atoms with van der Waals surface area (Å²) in [5, 5.41) is 7.76. The minimum absolute atomic E-state index is 0. The maximum absolute atomic E-state index is 3.49. The third kappa shape index (κ3) is 4.98. The summed E-state index contributed by atoms with van der Waals surface area (Å²) in [6.07, 6.45) is 2.00. The van der Waals surface area contributed by atoms with Crippen molar-refractivity contribution in [3.63, 3.8) is 0 Å². The van der Waals surface area contributed by atoms with Gasteiger partial charge < -0.3 is 13.8 Å². The van der Waals surface area contributed by atoms with Gasteiger partial charge in [-0.25, -0.2) is 0 Å². The molecule has 126 valence electrons. The van der Waals surface area contributed by atoms with Crippen molar-refractivity contribution in [3.8, 4) is 0 Å². The molecule has 4 aromatic carbocycles. The Hall–Kier alpha value is -1.04. The SMILES string of the molecule is [CH2-]CC.[CH2-]CC.[Fe+2].[Fe+2].[c-]1cc2ccc3c[c-]cc4ccc(c1)c2c34. The molecular weight excluding hydrogens is 376 g/mol.